The number of cyclic esters (lactones) is 1. The molecule has 0 fully saturated rings. The molecular formula is C26H18BrClN2O7. The van der Waals surface area contributed by atoms with E-state index in [4.69, 9.17) is 25.8 Å². The molecule has 0 saturated heterocycles. The number of halogens is 2. The summed E-state index contributed by atoms with van der Waals surface area (Å²) in [6.07, 6.45) is 1.44. The fourth-order valence-electron chi connectivity index (χ4n) is 3.43. The molecular weight excluding hydrogens is 568 g/mol. The van der Waals surface area contributed by atoms with Crippen molar-refractivity contribution >= 4 is 57.1 Å². The van der Waals surface area contributed by atoms with Crippen LogP contribution in [0.3, 0.4) is 0 Å². The number of ether oxygens (including phenoxy) is 3. The summed E-state index contributed by atoms with van der Waals surface area (Å²) in [4.78, 5) is 39.9. The van der Waals surface area contributed by atoms with Crippen molar-refractivity contribution in [1.82, 2.24) is 0 Å². The van der Waals surface area contributed by atoms with E-state index in [0.717, 1.165) is 5.56 Å². The summed E-state index contributed by atoms with van der Waals surface area (Å²) in [7, 11) is 0. The Labute approximate surface area is 224 Å². The number of aryl methyl sites for hydroxylation is 1. The Morgan fingerprint density at radius 2 is 2.00 bits per heavy atom. The number of carbonyl (C=O) groups excluding carboxylic acids is 2. The topological polar surface area (TPSA) is 117 Å². The van der Waals surface area contributed by atoms with Gasteiger partial charge in [0.05, 0.1) is 32.2 Å². The maximum atomic E-state index is 12.7. The van der Waals surface area contributed by atoms with E-state index in [0.29, 0.717) is 15.6 Å². The zero-order valence-corrected chi connectivity index (χ0v) is 21.8. The van der Waals surface area contributed by atoms with E-state index in [2.05, 4.69) is 20.9 Å². The van der Waals surface area contributed by atoms with Gasteiger partial charge in [-0.1, -0.05) is 29.3 Å². The first-order valence-corrected chi connectivity index (χ1v) is 12.1. The third-order valence-electron chi connectivity index (χ3n) is 5.10. The summed E-state index contributed by atoms with van der Waals surface area (Å²) in [6.45, 7) is 3.94. The molecule has 0 saturated carbocycles. The molecule has 0 aromatic heterocycles. The SMILES string of the molecule is CCOc1cc(/C=C2\N=C(c3cc([N+](=O)[O-])ccc3Cl)OC2=O)cc(Br)c1OC(=O)c1cccc(C)c1. The molecule has 4 rings (SSSR count). The average Bonchev–Trinajstić information content (AvgIpc) is 3.21. The normalized spacial score (nSPS) is 13.8. The van der Waals surface area contributed by atoms with Crippen LogP contribution in [0, 0.1) is 17.0 Å². The number of benzene rings is 3. The third-order valence-corrected chi connectivity index (χ3v) is 6.01. The lowest BCUT2D eigenvalue weighted by Gasteiger charge is -2.14. The van der Waals surface area contributed by atoms with Crippen LogP contribution in [0.5, 0.6) is 11.5 Å². The quantitative estimate of drug-likeness (QED) is 0.105. The second-order valence-corrected chi connectivity index (χ2v) is 9.04. The second-order valence-electron chi connectivity index (χ2n) is 7.78. The molecule has 0 N–H and O–H groups in total. The summed E-state index contributed by atoms with van der Waals surface area (Å²) in [5.74, 6) is -1.03. The van der Waals surface area contributed by atoms with E-state index in [1.54, 1.807) is 37.3 Å². The number of nitrogens with zero attached hydrogens (tertiary/aromatic N) is 2. The number of rotatable bonds is 7. The number of carbonyl (C=O) groups is 2. The van der Waals surface area contributed by atoms with Crippen LogP contribution in [0.15, 0.2) is 69.8 Å². The zero-order valence-electron chi connectivity index (χ0n) is 19.5. The summed E-state index contributed by atoms with van der Waals surface area (Å²) in [5.41, 5.74) is 1.62. The van der Waals surface area contributed by atoms with Crippen LogP contribution < -0.4 is 9.47 Å². The molecule has 0 aliphatic carbocycles. The molecule has 0 bridgehead atoms. The Morgan fingerprint density at radius 1 is 1.22 bits per heavy atom. The van der Waals surface area contributed by atoms with Crippen molar-refractivity contribution in [3.05, 3.63) is 102 Å². The van der Waals surface area contributed by atoms with Gasteiger partial charge in [-0.05, 0) is 71.7 Å². The molecule has 3 aromatic rings. The van der Waals surface area contributed by atoms with Crippen molar-refractivity contribution in [2.75, 3.05) is 6.61 Å². The lowest BCUT2D eigenvalue weighted by atomic mass is 10.1. The molecule has 11 heteroatoms. The Balaban J connectivity index is 1.67. The number of non-ortho nitro benzene ring substituents is 1. The highest BCUT2D eigenvalue weighted by molar-refractivity contribution is 9.10. The van der Waals surface area contributed by atoms with Crippen molar-refractivity contribution in [3.63, 3.8) is 0 Å². The van der Waals surface area contributed by atoms with Gasteiger partial charge in [0, 0.05) is 12.1 Å². The van der Waals surface area contributed by atoms with Gasteiger partial charge in [-0.3, -0.25) is 10.1 Å². The minimum Gasteiger partial charge on any atom is -0.490 e. The highest BCUT2D eigenvalue weighted by atomic mass is 79.9. The predicted octanol–water partition coefficient (Wildman–Crippen LogP) is 6.28. The lowest BCUT2D eigenvalue weighted by molar-refractivity contribution is -0.384. The number of hydrogen-bond donors (Lipinski definition) is 0. The Morgan fingerprint density at radius 3 is 2.70 bits per heavy atom. The highest BCUT2D eigenvalue weighted by Crippen LogP contribution is 2.38. The fraction of sp³-hybridized carbons (Fsp3) is 0.115. The van der Waals surface area contributed by atoms with Gasteiger partial charge < -0.3 is 14.2 Å². The van der Waals surface area contributed by atoms with E-state index in [1.165, 1.54) is 24.3 Å². The maximum Gasteiger partial charge on any atom is 0.363 e. The molecule has 1 heterocycles. The summed E-state index contributed by atoms with van der Waals surface area (Å²) < 4.78 is 16.9. The molecule has 0 spiro atoms. The number of nitro benzene ring substituents is 1. The van der Waals surface area contributed by atoms with Gasteiger partial charge in [0.1, 0.15) is 0 Å². The van der Waals surface area contributed by atoms with Crippen molar-refractivity contribution in [2.45, 2.75) is 13.8 Å². The van der Waals surface area contributed by atoms with Gasteiger partial charge in [-0.2, -0.15) is 0 Å². The molecule has 188 valence electrons. The van der Waals surface area contributed by atoms with E-state index in [9.17, 15) is 19.7 Å². The summed E-state index contributed by atoms with van der Waals surface area (Å²) in [5, 5.41) is 11.3. The number of nitro groups is 1. The average molecular weight is 586 g/mol. The standard InChI is InChI=1S/C26H18BrClN2O7/c1-3-35-22-12-15(10-19(27)23(22)36-25(31)16-6-4-5-14(2)9-16)11-21-26(32)37-24(29-21)18-13-17(30(33)34)7-8-20(18)28/h4-13H,3H2,1-2H3/b21-11-. The predicted molar refractivity (Wildman–Crippen MR) is 140 cm³/mol. The van der Waals surface area contributed by atoms with Crippen LogP contribution in [0.2, 0.25) is 5.02 Å². The molecule has 0 amide bonds. The molecule has 1 aliphatic heterocycles. The fourth-order valence-corrected chi connectivity index (χ4v) is 4.17. The Bertz CT molecular complexity index is 1500. The van der Waals surface area contributed by atoms with Gasteiger partial charge >= 0.3 is 11.9 Å². The minimum atomic E-state index is -0.762. The molecule has 9 nitrogen and oxygen atoms in total. The molecule has 0 unspecified atom stereocenters. The van der Waals surface area contributed by atoms with E-state index in [-0.39, 0.29) is 46.0 Å². The molecule has 0 atom stereocenters. The van der Waals surface area contributed by atoms with Gasteiger partial charge in [0.2, 0.25) is 5.90 Å². The smallest absolute Gasteiger partial charge is 0.363 e. The van der Waals surface area contributed by atoms with Crippen LogP contribution >= 0.6 is 27.5 Å². The van der Waals surface area contributed by atoms with Crippen molar-refractivity contribution in [2.24, 2.45) is 4.99 Å². The Hall–Kier alpha value is -4.02. The van der Waals surface area contributed by atoms with Crippen LogP contribution in [0.25, 0.3) is 6.08 Å². The van der Waals surface area contributed by atoms with Crippen LogP contribution in [0.1, 0.15) is 34.0 Å². The van der Waals surface area contributed by atoms with Gasteiger partial charge in [0.25, 0.3) is 5.69 Å². The van der Waals surface area contributed by atoms with E-state index < -0.39 is 16.9 Å². The third kappa shape index (κ3) is 5.87. The van der Waals surface area contributed by atoms with Crippen LogP contribution in [-0.2, 0) is 9.53 Å². The lowest BCUT2D eigenvalue weighted by Crippen LogP contribution is -2.10. The number of esters is 2. The van der Waals surface area contributed by atoms with Crippen molar-refractivity contribution < 1.29 is 28.7 Å². The molecule has 0 radical (unpaired) electrons. The second kappa shape index (κ2) is 10.9. The van der Waals surface area contributed by atoms with E-state index >= 15 is 0 Å². The summed E-state index contributed by atoms with van der Waals surface area (Å²) >= 11 is 9.55. The minimum absolute atomic E-state index is 0.0589. The first-order chi connectivity index (χ1) is 17.7. The van der Waals surface area contributed by atoms with Crippen LogP contribution in [0.4, 0.5) is 5.69 Å². The first kappa shape index (κ1) is 26.1. The van der Waals surface area contributed by atoms with E-state index in [1.807, 2.05) is 13.0 Å². The first-order valence-electron chi connectivity index (χ1n) is 10.9. The van der Waals surface area contributed by atoms with Crippen molar-refractivity contribution in [1.29, 1.82) is 0 Å². The van der Waals surface area contributed by atoms with Gasteiger partial charge in [-0.15, -0.1) is 0 Å². The molecule has 1 aliphatic rings. The van der Waals surface area contributed by atoms with Crippen molar-refractivity contribution in [3.8, 4) is 11.5 Å². The number of hydrogen-bond acceptors (Lipinski definition) is 8. The maximum absolute atomic E-state index is 12.7. The van der Waals surface area contributed by atoms with Crippen LogP contribution in [-0.4, -0.2) is 29.4 Å². The largest absolute Gasteiger partial charge is 0.490 e. The highest BCUT2D eigenvalue weighted by Gasteiger charge is 2.27. The molecule has 37 heavy (non-hydrogen) atoms. The summed E-state index contributed by atoms with van der Waals surface area (Å²) in [6, 6.07) is 13.9. The number of aliphatic imine (C=N–C) groups is 1. The zero-order chi connectivity index (χ0) is 26.7. The van der Waals surface area contributed by atoms with Gasteiger partial charge in [-0.25, -0.2) is 14.6 Å². The monoisotopic (exact) mass is 584 g/mol. The Kier molecular flexibility index (Phi) is 7.70. The molecule has 3 aromatic carbocycles. The van der Waals surface area contributed by atoms with Gasteiger partial charge in [0.15, 0.2) is 17.2 Å².